The van der Waals surface area contributed by atoms with Gasteiger partial charge in [0.1, 0.15) is 0 Å². The van der Waals surface area contributed by atoms with Crippen LogP contribution in [0, 0.1) is 0 Å². The van der Waals surface area contributed by atoms with Crippen LogP contribution in [-0.4, -0.2) is 40.8 Å². The molecule has 126 valence electrons. The minimum atomic E-state index is -0.0347. The van der Waals surface area contributed by atoms with Crippen molar-refractivity contribution in [3.8, 4) is 22.2 Å². The summed E-state index contributed by atoms with van der Waals surface area (Å²) >= 11 is 1.57. The van der Waals surface area contributed by atoms with E-state index in [0.29, 0.717) is 41.9 Å². The van der Waals surface area contributed by atoms with Crippen molar-refractivity contribution in [3.05, 3.63) is 47.2 Å². The van der Waals surface area contributed by atoms with Crippen LogP contribution in [0.25, 0.3) is 10.7 Å². The lowest BCUT2D eigenvalue weighted by molar-refractivity contribution is 0.0569. The molecule has 1 amide bonds. The molecule has 3 aromatic rings. The maximum Gasteiger partial charge on any atom is 0.254 e. The van der Waals surface area contributed by atoms with Gasteiger partial charge < -0.3 is 18.9 Å². The summed E-state index contributed by atoms with van der Waals surface area (Å²) in [5, 5.41) is 5.99. The second kappa shape index (κ2) is 5.59. The summed E-state index contributed by atoms with van der Waals surface area (Å²) in [6.07, 6.45) is 0. The molecule has 0 aliphatic carbocycles. The number of aromatic nitrogens is 2. The molecular formula is C17H13N3O4S. The summed E-state index contributed by atoms with van der Waals surface area (Å²) < 4.78 is 15.9. The van der Waals surface area contributed by atoms with E-state index in [-0.39, 0.29) is 18.6 Å². The van der Waals surface area contributed by atoms with E-state index in [1.165, 1.54) is 0 Å². The van der Waals surface area contributed by atoms with Gasteiger partial charge in [-0.2, -0.15) is 4.98 Å². The number of ether oxygens (including phenoxy) is 2. The molecule has 0 unspecified atom stereocenters. The van der Waals surface area contributed by atoms with Crippen molar-refractivity contribution in [2.75, 3.05) is 19.9 Å². The first-order chi connectivity index (χ1) is 12.3. The fraction of sp³-hybridized carbons (Fsp3) is 0.235. The molecule has 7 nitrogen and oxygen atoms in total. The molecule has 0 bridgehead atoms. The van der Waals surface area contributed by atoms with E-state index < -0.39 is 0 Å². The smallest absolute Gasteiger partial charge is 0.254 e. The largest absolute Gasteiger partial charge is 0.454 e. The monoisotopic (exact) mass is 355 g/mol. The maximum atomic E-state index is 12.6. The van der Waals surface area contributed by atoms with E-state index in [9.17, 15) is 4.79 Å². The zero-order valence-corrected chi connectivity index (χ0v) is 13.9. The van der Waals surface area contributed by atoms with Crippen LogP contribution in [0.2, 0.25) is 0 Å². The van der Waals surface area contributed by atoms with Crippen LogP contribution in [0.5, 0.6) is 11.5 Å². The number of benzene rings is 1. The van der Waals surface area contributed by atoms with Gasteiger partial charge in [-0.3, -0.25) is 4.79 Å². The summed E-state index contributed by atoms with van der Waals surface area (Å²) in [4.78, 5) is 19.7. The van der Waals surface area contributed by atoms with Gasteiger partial charge in [-0.15, -0.1) is 11.3 Å². The van der Waals surface area contributed by atoms with Crippen molar-refractivity contribution in [2.45, 2.75) is 5.92 Å². The first-order valence-electron chi connectivity index (χ1n) is 7.84. The molecule has 4 heterocycles. The summed E-state index contributed by atoms with van der Waals surface area (Å²) in [7, 11) is 0. The molecule has 2 aromatic heterocycles. The van der Waals surface area contributed by atoms with E-state index in [1.54, 1.807) is 34.4 Å². The van der Waals surface area contributed by atoms with Crippen molar-refractivity contribution in [1.29, 1.82) is 0 Å². The highest BCUT2D eigenvalue weighted by Gasteiger charge is 2.36. The standard InChI is InChI=1S/C17H13N3O4S/c21-17(10-3-4-12-13(6-10)23-9-22-12)20-7-11(8-20)16-18-15(19-24-16)14-2-1-5-25-14/h1-6,11H,7-9H2. The SMILES string of the molecule is O=C(c1ccc2c(c1)OCO2)N1CC(c2nc(-c3cccs3)no2)C1. The minimum absolute atomic E-state index is 0.0347. The van der Waals surface area contributed by atoms with Gasteiger partial charge in [0.2, 0.25) is 18.5 Å². The Balaban J connectivity index is 1.26. The number of carbonyl (C=O) groups excluding carboxylic acids is 1. The van der Waals surface area contributed by atoms with Crippen molar-refractivity contribution < 1.29 is 18.8 Å². The van der Waals surface area contributed by atoms with E-state index in [4.69, 9.17) is 14.0 Å². The Bertz CT molecular complexity index is 931. The van der Waals surface area contributed by atoms with Gasteiger partial charge in [-0.05, 0) is 29.6 Å². The first kappa shape index (κ1) is 14.5. The third-order valence-corrected chi connectivity index (χ3v) is 5.19. The number of thiophene rings is 1. The highest BCUT2D eigenvalue weighted by atomic mass is 32.1. The van der Waals surface area contributed by atoms with Crippen molar-refractivity contribution in [1.82, 2.24) is 15.0 Å². The Kier molecular flexibility index (Phi) is 3.24. The molecule has 5 rings (SSSR count). The summed E-state index contributed by atoms with van der Waals surface area (Å²) in [5.41, 5.74) is 0.590. The molecule has 0 radical (unpaired) electrons. The number of carbonyl (C=O) groups is 1. The molecule has 0 atom stereocenters. The number of hydrogen-bond acceptors (Lipinski definition) is 7. The quantitative estimate of drug-likeness (QED) is 0.719. The Morgan fingerprint density at radius 1 is 1.20 bits per heavy atom. The van der Waals surface area contributed by atoms with Crippen LogP contribution in [-0.2, 0) is 0 Å². The average Bonchev–Trinajstić information content (AvgIpc) is 3.33. The number of fused-ring (bicyclic) bond motifs is 1. The number of rotatable bonds is 3. The Labute approximate surface area is 146 Å². The van der Waals surface area contributed by atoms with Crippen LogP contribution in [0.3, 0.4) is 0 Å². The molecule has 2 aliphatic rings. The van der Waals surface area contributed by atoms with Crippen LogP contribution < -0.4 is 9.47 Å². The topological polar surface area (TPSA) is 77.7 Å². The lowest BCUT2D eigenvalue weighted by Gasteiger charge is -2.37. The fourth-order valence-electron chi connectivity index (χ4n) is 2.92. The summed E-state index contributed by atoms with van der Waals surface area (Å²) in [6.45, 7) is 1.33. The molecule has 8 heteroatoms. The van der Waals surface area contributed by atoms with Gasteiger partial charge in [0.05, 0.1) is 10.8 Å². The molecule has 1 saturated heterocycles. The third-order valence-electron chi connectivity index (χ3n) is 4.32. The second-order valence-electron chi connectivity index (χ2n) is 5.91. The van der Waals surface area contributed by atoms with Crippen LogP contribution in [0.4, 0.5) is 0 Å². The molecule has 2 aliphatic heterocycles. The Hall–Kier alpha value is -2.87. The highest BCUT2D eigenvalue weighted by molar-refractivity contribution is 7.13. The van der Waals surface area contributed by atoms with Gasteiger partial charge in [-0.25, -0.2) is 0 Å². The molecule has 0 saturated carbocycles. The predicted molar refractivity (Wildman–Crippen MR) is 88.8 cm³/mol. The average molecular weight is 355 g/mol. The van der Waals surface area contributed by atoms with E-state index in [2.05, 4.69) is 10.1 Å². The van der Waals surface area contributed by atoms with E-state index in [1.807, 2.05) is 17.5 Å². The number of likely N-dealkylation sites (tertiary alicyclic amines) is 1. The summed E-state index contributed by atoms with van der Waals surface area (Å²) in [5.74, 6) is 2.51. The molecule has 0 N–H and O–H groups in total. The van der Waals surface area contributed by atoms with Gasteiger partial charge in [0, 0.05) is 18.7 Å². The number of amides is 1. The van der Waals surface area contributed by atoms with Crippen molar-refractivity contribution >= 4 is 17.2 Å². The normalized spacial score (nSPS) is 16.1. The second-order valence-corrected chi connectivity index (χ2v) is 6.86. The Morgan fingerprint density at radius 2 is 2.08 bits per heavy atom. The van der Waals surface area contributed by atoms with E-state index >= 15 is 0 Å². The zero-order valence-electron chi connectivity index (χ0n) is 13.0. The number of nitrogens with zero attached hydrogens (tertiary/aromatic N) is 3. The molecule has 25 heavy (non-hydrogen) atoms. The maximum absolute atomic E-state index is 12.6. The Morgan fingerprint density at radius 3 is 2.92 bits per heavy atom. The van der Waals surface area contributed by atoms with Crippen LogP contribution in [0.1, 0.15) is 22.2 Å². The highest BCUT2D eigenvalue weighted by Crippen LogP contribution is 2.34. The molecule has 1 aromatic carbocycles. The van der Waals surface area contributed by atoms with Gasteiger partial charge in [-0.1, -0.05) is 11.2 Å². The van der Waals surface area contributed by atoms with Gasteiger partial charge in [0.25, 0.3) is 5.91 Å². The van der Waals surface area contributed by atoms with Gasteiger partial charge in [0.15, 0.2) is 11.5 Å². The zero-order chi connectivity index (χ0) is 16.8. The molecule has 1 fully saturated rings. The third kappa shape index (κ3) is 2.45. The lowest BCUT2D eigenvalue weighted by Crippen LogP contribution is -2.48. The van der Waals surface area contributed by atoms with Crippen LogP contribution >= 0.6 is 11.3 Å². The minimum Gasteiger partial charge on any atom is -0.454 e. The molecule has 0 spiro atoms. The summed E-state index contributed by atoms with van der Waals surface area (Å²) in [6, 6.07) is 9.14. The molecular weight excluding hydrogens is 342 g/mol. The lowest BCUT2D eigenvalue weighted by atomic mass is 9.98. The van der Waals surface area contributed by atoms with E-state index in [0.717, 1.165) is 4.88 Å². The van der Waals surface area contributed by atoms with Crippen LogP contribution in [0.15, 0.2) is 40.2 Å². The van der Waals surface area contributed by atoms with Gasteiger partial charge >= 0.3 is 0 Å². The predicted octanol–water partition coefficient (Wildman–Crippen LogP) is 2.77. The van der Waals surface area contributed by atoms with Crippen molar-refractivity contribution in [3.63, 3.8) is 0 Å². The fourth-order valence-corrected chi connectivity index (χ4v) is 3.57. The van der Waals surface area contributed by atoms with Crippen molar-refractivity contribution in [2.24, 2.45) is 0 Å². The number of hydrogen-bond donors (Lipinski definition) is 0. The first-order valence-corrected chi connectivity index (χ1v) is 8.72.